The van der Waals surface area contributed by atoms with Crippen LogP contribution in [-0.4, -0.2) is 72.9 Å². The molecule has 0 aromatic heterocycles. The largest absolute Gasteiger partial charge is 0.338 e. The van der Waals surface area contributed by atoms with Crippen LogP contribution in [0.3, 0.4) is 0 Å². The number of nitrogens with zero attached hydrogens (tertiary/aromatic N) is 2. The fourth-order valence-electron chi connectivity index (χ4n) is 3.01. The molecule has 1 amide bonds. The van der Waals surface area contributed by atoms with Crippen LogP contribution in [-0.2, 0) is 4.79 Å². The van der Waals surface area contributed by atoms with E-state index in [0.717, 1.165) is 0 Å². The van der Waals surface area contributed by atoms with Gasteiger partial charge in [0.15, 0.2) is 0 Å². The first kappa shape index (κ1) is 16.5. The van der Waals surface area contributed by atoms with Crippen LogP contribution in [0, 0.1) is 0 Å². The van der Waals surface area contributed by atoms with Crippen LogP contribution in [0.25, 0.3) is 0 Å². The van der Waals surface area contributed by atoms with Crippen molar-refractivity contribution in [3.05, 3.63) is 0 Å². The third kappa shape index (κ3) is 4.06. The summed E-state index contributed by atoms with van der Waals surface area (Å²) < 4.78 is 51.3. The highest BCUT2D eigenvalue weighted by Gasteiger charge is 2.44. The molecule has 1 N–H and O–H groups in total. The molecule has 21 heavy (non-hydrogen) atoms. The summed E-state index contributed by atoms with van der Waals surface area (Å²) in [5.74, 6) is -3.19. The predicted molar refractivity (Wildman–Crippen MR) is 69.6 cm³/mol. The van der Waals surface area contributed by atoms with Crippen LogP contribution in [0.1, 0.15) is 19.8 Å². The van der Waals surface area contributed by atoms with Crippen molar-refractivity contribution in [3.8, 4) is 0 Å². The van der Waals surface area contributed by atoms with Gasteiger partial charge in [0.05, 0.1) is 19.1 Å². The van der Waals surface area contributed by atoms with Gasteiger partial charge in [-0.15, -0.1) is 0 Å². The number of rotatable bonds is 4. The molecule has 2 unspecified atom stereocenters. The van der Waals surface area contributed by atoms with E-state index < -0.39 is 31.4 Å². The number of hydrogen-bond acceptors (Lipinski definition) is 3. The van der Waals surface area contributed by atoms with Crippen molar-refractivity contribution in [3.63, 3.8) is 0 Å². The van der Waals surface area contributed by atoms with Crippen molar-refractivity contribution in [1.29, 1.82) is 0 Å². The van der Waals surface area contributed by atoms with E-state index in [2.05, 4.69) is 5.32 Å². The summed E-state index contributed by atoms with van der Waals surface area (Å²) in [6.45, 7) is 2.08. The van der Waals surface area contributed by atoms with Gasteiger partial charge in [-0.3, -0.25) is 15.0 Å². The number of nitrogens with one attached hydrogen (secondary N) is 1. The maximum atomic E-state index is 13.1. The van der Waals surface area contributed by atoms with Crippen molar-refractivity contribution in [2.75, 3.05) is 32.7 Å². The van der Waals surface area contributed by atoms with Crippen LogP contribution < -0.4 is 5.32 Å². The Kier molecular flexibility index (Phi) is 5.08. The van der Waals surface area contributed by atoms with Crippen molar-refractivity contribution >= 4 is 5.91 Å². The zero-order valence-corrected chi connectivity index (χ0v) is 12.0. The zero-order chi connectivity index (χ0) is 15.6. The summed E-state index contributed by atoms with van der Waals surface area (Å²) in [6.07, 6.45) is -2.25. The Morgan fingerprint density at radius 3 is 2.62 bits per heavy atom. The number of halogens is 4. The second-order valence-electron chi connectivity index (χ2n) is 5.73. The van der Waals surface area contributed by atoms with Gasteiger partial charge in [-0.25, -0.2) is 17.6 Å². The molecule has 122 valence electrons. The van der Waals surface area contributed by atoms with E-state index in [9.17, 15) is 22.4 Å². The molecule has 0 aromatic carbocycles. The third-order valence-electron chi connectivity index (χ3n) is 4.17. The highest BCUT2D eigenvalue weighted by molar-refractivity contribution is 5.82. The van der Waals surface area contributed by atoms with E-state index in [0.29, 0.717) is 26.1 Å². The third-order valence-corrected chi connectivity index (χ3v) is 4.17. The lowest BCUT2D eigenvalue weighted by molar-refractivity contribution is -0.137. The van der Waals surface area contributed by atoms with E-state index in [4.69, 9.17) is 0 Å². The lowest BCUT2D eigenvalue weighted by Crippen LogP contribution is -2.58. The Balaban J connectivity index is 1.92. The minimum absolute atomic E-state index is 0.140. The minimum Gasteiger partial charge on any atom is -0.338 e. The molecular formula is C13H21F4N3O. The molecule has 2 aliphatic heterocycles. The summed E-state index contributed by atoms with van der Waals surface area (Å²) in [4.78, 5) is 15.4. The van der Waals surface area contributed by atoms with Crippen LogP contribution in [0.4, 0.5) is 17.6 Å². The molecule has 0 saturated carbocycles. The van der Waals surface area contributed by atoms with Crippen molar-refractivity contribution in [1.82, 2.24) is 15.1 Å². The summed E-state index contributed by atoms with van der Waals surface area (Å²) in [5, 5.41) is 2.55. The summed E-state index contributed by atoms with van der Waals surface area (Å²) in [7, 11) is 0. The average Bonchev–Trinajstić information content (AvgIpc) is 2.78. The van der Waals surface area contributed by atoms with Gasteiger partial charge in [0.1, 0.15) is 0 Å². The Hall–Kier alpha value is -0.890. The Labute approximate surface area is 121 Å². The van der Waals surface area contributed by atoms with Crippen LogP contribution in [0.15, 0.2) is 0 Å². The summed E-state index contributed by atoms with van der Waals surface area (Å²) in [5.41, 5.74) is 0. The molecule has 2 fully saturated rings. The number of hydrogen-bond donors (Lipinski definition) is 1. The van der Waals surface area contributed by atoms with E-state index in [1.165, 1.54) is 4.90 Å². The van der Waals surface area contributed by atoms with Crippen molar-refractivity contribution in [2.45, 2.75) is 44.2 Å². The SMILES string of the molecule is CCC1CN(C(=O)C2CC(F)(F)CN2)CCN1CC(F)F. The van der Waals surface area contributed by atoms with Gasteiger partial charge in [0.2, 0.25) is 5.91 Å². The summed E-state index contributed by atoms with van der Waals surface area (Å²) in [6, 6.07) is -1.00. The van der Waals surface area contributed by atoms with Gasteiger partial charge < -0.3 is 4.90 Å². The van der Waals surface area contributed by atoms with E-state index in [1.54, 1.807) is 4.90 Å². The fourth-order valence-corrected chi connectivity index (χ4v) is 3.01. The molecular weight excluding hydrogens is 290 g/mol. The Morgan fingerprint density at radius 2 is 2.10 bits per heavy atom. The number of carbonyl (C=O) groups is 1. The Bertz CT molecular complexity index is 380. The number of piperazine rings is 1. The van der Waals surface area contributed by atoms with E-state index >= 15 is 0 Å². The first-order valence-corrected chi connectivity index (χ1v) is 7.24. The molecule has 0 aliphatic carbocycles. The number of carbonyl (C=O) groups excluding carboxylic acids is 1. The predicted octanol–water partition coefficient (Wildman–Crippen LogP) is 1.17. The molecule has 0 radical (unpaired) electrons. The molecule has 2 rings (SSSR count). The number of amides is 1. The second kappa shape index (κ2) is 6.48. The van der Waals surface area contributed by atoms with Crippen LogP contribution in [0.2, 0.25) is 0 Å². The highest BCUT2D eigenvalue weighted by Crippen LogP contribution is 2.26. The second-order valence-corrected chi connectivity index (χ2v) is 5.73. The van der Waals surface area contributed by atoms with Crippen molar-refractivity contribution < 1.29 is 22.4 Å². The van der Waals surface area contributed by atoms with E-state index in [1.807, 2.05) is 6.92 Å². The highest BCUT2D eigenvalue weighted by atomic mass is 19.3. The lowest BCUT2D eigenvalue weighted by atomic mass is 10.1. The molecule has 0 spiro atoms. The van der Waals surface area contributed by atoms with Gasteiger partial charge in [0.25, 0.3) is 12.3 Å². The average molecular weight is 311 g/mol. The molecule has 4 nitrogen and oxygen atoms in total. The fraction of sp³-hybridized carbons (Fsp3) is 0.923. The Morgan fingerprint density at radius 1 is 1.38 bits per heavy atom. The van der Waals surface area contributed by atoms with Crippen LogP contribution >= 0.6 is 0 Å². The normalized spacial score (nSPS) is 30.1. The molecule has 2 heterocycles. The van der Waals surface area contributed by atoms with Gasteiger partial charge in [-0.05, 0) is 6.42 Å². The zero-order valence-electron chi connectivity index (χ0n) is 12.0. The quantitative estimate of drug-likeness (QED) is 0.792. The topological polar surface area (TPSA) is 35.6 Å². The molecule has 2 atom stereocenters. The van der Waals surface area contributed by atoms with Gasteiger partial charge >= 0.3 is 0 Å². The number of alkyl halides is 4. The monoisotopic (exact) mass is 311 g/mol. The smallest absolute Gasteiger partial charge is 0.262 e. The van der Waals surface area contributed by atoms with Gasteiger partial charge in [0, 0.05) is 32.1 Å². The van der Waals surface area contributed by atoms with Crippen LogP contribution in [0.5, 0.6) is 0 Å². The first-order chi connectivity index (χ1) is 9.82. The molecule has 2 saturated heterocycles. The molecule has 0 bridgehead atoms. The minimum atomic E-state index is -2.85. The molecule has 2 aliphatic rings. The maximum absolute atomic E-state index is 13.1. The summed E-state index contributed by atoms with van der Waals surface area (Å²) >= 11 is 0. The molecule has 0 aromatic rings. The lowest BCUT2D eigenvalue weighted by Gasteiger charge is -2.41. The van der Waals surface area contributed by atoms with Gasteiger partial charge in [-0.1, -0.05) is 6.92 Å². The molecule has 8 heteroatoms. The maximum Gasteiger partial charge on any atom is 0.262 e. The first-order valence-electron chi connectivity index (χ1n) is 7.24. The van der Waals surface area contributed by atoms with Crippen molar-refractivity contribution in [2.24, 2.45) is 0 Å². The standard InChI is InChI=1S/C13H21F4N3O/c1-2-9-6-20(4-3-19(9)7-11(14)15)12(21)10-5-13(16,17)8-18-10/h9-11,18H,2-8H2,1H3. The van der Waals surface area contributed by atoms with Gasteiger partial charge in [-0.2, -0.15) is 0 Å². The van der Waals surface area contributed by atoms with E-state index in [-0.39, 0.29) is 18.5 Å².